The third kappa shape index (κ3) is 5.10. The molecule has 0 saturated carbocycles. The average Bonchev–Trinajstić information content (AvgIpc) is 3.45. The fraction of sp³-hybridized carbons (Fsp3) is 0.176. The summed E-state index contributed by atoms with van der Waals surface area (Å²) in [5.74, 6) is 2.25. The number of nitrogens with zero attached hydrogens (tertiary/aromatic N) is 3. The molecule has 212 valence electrons. The van der Waals surface area contributed by atoms with E-state index in [-0.39, 0.29) is 12.1 Å². The monoisotopic (exact) mass is 594 g/mol. The first-order valence-corrected chi connectivity index (χ1v) is 14.5. The topological polar surface area (TPSA) is 51.6 Å². The highest BCUT2D eigenvalue weighted by Gasteiger charge is 2.43. The molecule has 0 unspecified atom stereocenters. The van der Waals surface area contributed by atoms with Crippen molar-refractivity contribution in [3.05, 3.63) is 130 Å². The molecule has 42 heavy (non-hydrogen) atoms. The third-order valence-corrected chi connectivity index (χ3v) is 8.43. The van der Waals surface area contributed by atoms with Crippen LogP contribution >= 0.6 is 23.8 Å². The van der Waals surface area contributed by atoms with Gasteiger partial charge in [0.2, 0.25) is 0 Å². The van der Waals surface area contributed by atoms with Gasteiger partial charge in [-0.1, -0.05) is 23.7 Å². The van der Waals surface area contributed by atoms with Crippen molar-refractivity contribution >= 4 is 34.6 Å². The maximum Gasteiger partial charge on any atom is 0.174 e. The molecule has 1 saturated heterocycles. The second-order valence-electron chi connectivity index (χ2n) is 10.3. The molecule has 0 bridgehead atoms. The van der Waals surface area contributed by atoms with E-state index in [9.17, 15) is 0 Å². The summed E-state index contributed by atoms with van der Waals surface area (Å²) < 4.78 is 13.6. The summed E-state index contributed by atoms with van der Waals surface area (Å²) in [7, 11) is 1.65. The zero-order valence-electron chi connectivity index (χ0n) is 23.8. The molecule has 3 aromatic carbocycles. The summed E-state index contributed by atoms with van der Waals surface area (Å²) in [5, 5.41) is 4.93. The van der Waals surface area contributed by atoms with Crippen LogP contribution in [-0.2, 0) is 0 Å². The Balaban J connectivity index is 1.42. The second-order valence-corrected chi connectivity index (χ2v) is 11.1. The van der Waals surface area contributed by atoms with E-state index >= 15 is 0 Å². The Hall–Kier alpha value is -4.33. The lowest BCUT2D eigenvalue weighted by Crippen LogP contribution is -2.29. The Labute approximate surface area is 256 Å². The Bertz CT molecular complexity index is 1740. The predicted molar refractivity (Wildman–Crippen MR) is 172 cm³/mol. The summed E-state index contributed by atoms with van der Waals surface area (Å²) in [6.07, 6.45) is 1.83. The number of anilines is 1. The van der Waals surface area contributed by atoms with Gasteiger partial charge in [-0.3, -0.25) is 4.98 Å². The molecule has 2 atom stereocenters. The molecule has 6 nitrogen and oxygen atoms in total. The maximum atomic E-state index is 6.40. The van der Waals surface area contributed by atoms with Crippen molar-refractivity contribution in [2.24, 2.45) is 0 Å². The van der Waals surface area contributed by atoms with Gasteiger partial charge in [0, 0.05) is 39.5 Å². The van der Waals surface area contributed by atoms with Gasteiger partial charge in [0.15, 0.2) is 5.11 Å². The molecule has 1 aliphatic heterocycles. The fourth-order valence-corrected chi connectivity index (χ4v) is 6.36. The first-order valence-electron chi connectivity index (χ1n) is 13.7. The molecular formula is C34H31ClN4O2S. The van der Waals surface area contributed by atoms with Crippen LogP contribution in [0.15, 0.2) is 97.2 Å². The first kappa shape index (κ1) is 27.8. The van der Waals surface area contributed by atoms with Gasteiger partial charge in [-0.05, 0) is 117 Å². The lowest BCUT2D eigenvalue weighted by molar-refractivity contribution is 0.413. The van der Waals surface area contributed by atoms with Crippen molar-refractivity contribution in [1.29, 1.82) is 0 Å². The highest BCUT2D eigenvalue weighted by molar-refractivity contribution is 7.80. The Kier molecular flexibility index (Phi) is 7.62. The highest BCUT2D eigenvalue weighted by Crippen LogP contribution is 2.45. The molecule has 8 heteroatoms. The van der Waals surface area contributed by atoms with E-state index in [1.807, 2.05) is 91.1 Å². The fourth-order valence-electron chi connectivity index (χ4n) is 5.83. The van der Waals surface area contributed by atoms with E-state index in [0.29, 0.717) is 10.1 Å². The van der Waals surface area contributed by atoms with Crippen molar-refractivity contribution in [2.75, 3.05) is 12.0 Å². The number of aromatic nitrogens is 2. The zero-order valence-corrected chi connectivity index (χ0v) is 25.4. The highest BCUT2D eigenvalue weighted by atomic mass is 35.5. The molecule has 1 aliphatic rings. The largest absolute Gasteiger partial charge is 0.497 e. The minimum atomic E-state index is -0.152. The maximum absolute atomic E-state index is 6.40. The van der Waals surface area contributed by atoms with Crippen molar-refractivity contribution < 1.29 is 9.47 Å². The number of rotatable bonds is 7. The number of thiocarbonyl (C=S) groups is 1. The number of ether oxygens (including phenoxy) is 2. The SMILES string of the molecule is COc1ccc(Oc2ccc(N3C(=S)N[C@@H](c4ccccn4)[C@@H]3c3c(C)c(C)n(-c4cccc(Cl)c4)c3C)cc2)cc1. The number of halogens is 1. The molecule has 6 rings (SSSR count). The van der Waals surface area contributed by atoms with Crippen molar-refractivity contribution in [1.82, 2.24) is 14.9 Å². The van der Waals surface area contributed by atoms with Crippen LogP contribution in [-0.4, -0.2) is 21.8 Å². The predicted octanol–water partition coefficient (Wildman–Crippen LogP) is 8.43. The average molecular weight is 595 g/mol. The van der Waals surface area contributed by atoms with Crippen LogP contribution in [0.1, 0.15) is 40.3 Å². The van der Waals surface area contributed by atoms with Gasteiger partial charge in [-0.15, -0.1) is 0 Å². The van der Waals surface area contributed by atoms with Crippen molar-refractivity contribution in [3.8, 4) is 22.9 Å². The van der Waals surface area contributed by atoms with E-state index in [0.717, 1.165) is 45.7 Å². The van der Waals surface area contributed by atoms with E-state index in [1.54, 1.807) is 7.11 Å². The van der Waals surface area contributed by atoms with E-state index in [2.05, 4.69) is 41.6 Å². The van der Waals surface area contributed by atoms with Crippen LogP contribution in [0.5, 0.6) is 17.2 Å². The van der Waals surface area contributed by atoms with Crippen LogP contribution in [0.2, 0.25) is 5.02 Å². The van der Waals surface area contributed by atoms with Gasteiger partial charge >= 0.3 is 0 Å². The molecule has 5 aromatic rings. The van der Waals surface area contributed by atoms with Crippen LogP contribution in [0, 0.1) is 20.8 Å². The van der Waals surface area contributed by atoms with E-state index < -0.39 is 0 Å². The molecule has 0 amide bonds. The second kappa shape index (κ2) is 11.5. The lowest BCUT2D eigenvalue weighted by atomic mass is 9.93. The standard InChI is InChI=1S/C34H31ClN4O2S/c1-21-22(2)38(26-9-7-8-24(35)20-26)23(3)31(21)33-32(30-10-5-6-19-36-30)37-34(42)39(33)25-11-13-28(14-12-25)41-29-17-15-27(40-4)16-18-29/h5-20,32-33H,1-4H3,(H,37,42)/t32-,33-/m0/s1. The number of hydrogen-bond acceptors (Lipinski definition) is 4. The minimum absolute atomic E-state index is 0.139. The van der Waals surface area contributed by atoms with Crippen LogP contribution < -0.4 is 19.7 Å². The summed E-state index contributed by atoms with van der Waals surface area (Å²) in [4.78, 5) is 6.93. The van der Waals surface area contributed by atoms with Crippen LogP contribution in [0.25, 0.3) is 5.69 Å². The van der Waals surface area contributed by atoms with Gasteiger partial charge in [0.1, 0.15) is 17.2 Å². The quantitative estimate of drug-likeness (QED) is 0.191. The van der Waals surface area contributed by atoms with Crippen LogP contribution in [0.4, 0.5) is 5.69 Å². The van der Waals surface area contributed by atoms with Crippen LogP contribution in [0.3, 0.4) is 0 Å². The van der Waals surface area contributed by atoms with Gasteiger partial charge in [-0.2, -0.15) is 0 Å². The van der Waals surface area contributed by atoms with Gasteiger partial charge in [0.25, 0.3) is 0 Å². The Morgan fingerprint density at radius 3 is 2.14 bits per heavy atom. The summed E-state index contributed by atoms with van der Waals surface area (Å²) >= 11 is 12.4. The molecular weight excluding hydrogens is 564 g/mol. The number of pyridine rings is 1. The summed E-state index contributed by atoms with van der Waals surface area (Å²) in [6, 6.07) is 29.2. The third-order valence-electron chi connectivity index (χ3n) is 7.88. The van der Waals surface area contributed by atoms with Gasteiger partial charge < -0.3 is 24.3 Å². The Morgan fingerprint density at radius 2 is 1.50 bits per heavy atom. The molecule has 0 aliphatic carbocycles. The Morgan fingerprint density at radius 1 is 0.810 bits per heavy atom. The lowest BCUT2D eigenvalue weighted by Gasteiger charge is -2.29. The number of hydrogen-bond donors (Lipinski definition) is 1. The summed E-state index contributed by atoms with van der Waals surface area (Å²) in [6.45, 7) is 6.50. The van der Waals surface area contributed by atoms with E-state index in [4.69, 9.17) is 38.3 Å². The number of methoxy groups -OCH3 is 1. The molecule has 2 aromatic heterocycles. The number of benzene rings is 3. The zero-order chi connectivity index (χ0) is 29.4. The van der Waals surface area contributed by atoms with Crippen molar-refractivity contribution in [2.45, 2.75) is 32.9 Å². The first-order chi connectivity index (χ1) is 20.4. The number of nitrogens with one attached hydrogen (secondary N) is 1. The van der Waals surface area contributed by atoms with Gasteiger partial charge in [0.05, 0.1) is 24.9 Å². The van der Waals surface area contributed by atoms with E-state index in [1.165, 1.54) is 11.1 Å². The molecule has 0 spiro atoms. The molecule has 3 heterocycles. The smallest absolute Gasteiger partial charge is 0.174 e. The minimum Gasteiger partial charge on any atom is -0.497 e. The normalized spacial score (nSPS) is 16.4. The summed E-state index contributed by atoms with van der Waals surface area (Å²) in [5.41, 5.74) is 7.62. The van der Waals surface area contributed by atoms with Gasteiger partial charge in [-0.25, -0.2) is 0 Å². The molecule has 0 radical (unpaired) electrons. The molecule has 1 fully saturated rings. The van der Waals surface area contributed by atoms with Crippen molar-refractivity contribution in [3.63, 3.8) is 0 Å². The molecule has 1 N–H and O–H groups in total.